The zero-order valence-electron chi connectivity index (χ0n) is 30.2. The number of rotatable bonds is 0. The number of ether oxygens (including phenoxy) is 2. The highest BCUT2D eigenvalue weighted by molar-refractivity contribution is 6.34. The number of aromatic hydroxyl groups is 1. The van der Waals surface area contributed by atoms with Gasteiger partial charge in [0.25, 0.3) is 5.79 Å². The Balaban J connectivity index is 1.18. The van der Waals surface area contributed by atoms with Gasteiger partial charge < -0.3 is 45.4 Å². The second kappa shape index (κ2) is 10.9. The number of ketones is 2. The lowest BCUT2D eigenvalue weighted by atomic mass is 9.52. The molecule has 11 atom stereocenters. The van der Waals surface area contributed by atoms with Gasteiger partial charge in [-0.1, -0.05) is 30.2 Å². The molecule has 12 heteroatoms. The number of carbonyl (C=O) groups is 2. The summed E-state index contributed by atoms with van der Waals surface area (Å²) in [7, 11) is 0. The molecule has 55 heavy (non-hydrogen) atoms. The van der Waals surface area contributed by atoms with Crippen LogP contribution in [0.5, 0.6) is 11.5 Å². The van der Waals surface area contributed by atoms with Gasteiger partial charge in [0.2, 0.25) is 5.78 Å². The van der Waals surface area contributed by atoms with E-state index in [1.807, 2.05) is 0 Å². The molecule has 0 unspecified atom stereocenters. The fraction of sp³-hybridized carbons (Fsp3) is 0.465. The number of carbonyl (C=O) groups excluding carboxylic acids is 2. The van der Waals surface area contributed by atoms with Crippen LogP contribution in [0.4, 0.5) is 5.82 Å². The molecule has 4 aliphatic heterocycles. The Labute approximate surface area is 315 Å². The highest BCUT2D eigenvalue weighted by atomic mass is 16.7. The Morgan fingerprint density at radius 3 is 2.60 bits per heavy atom. The van der Waals surface area contributed by atoms with Crippen LogP contribution in [0.2, 0.25) is 0 Å². The van der Waals surface area contributed by atoms with E-state index in [4.69, 9.17) is 9.47 Å². The quantitative estimate of drug-likeness (QED) is 0.130. The van der Waals surface area contributed by atoms with Crippen molar-refractivity contribution < 1.29 is 49.7 Å². The number of phenolic OH excluding ortho intramolecular Hbond substituents is 1. The molecule has 3 fully saturated rings. The highest BCUT2D eigenvalue weighted by Crippen LogP contribution is 2.71. The van der Waals surface area contributed by atoms with Gasteiger partial charge in [0.05, 0.1) is 23.3 Å². The van der Waals surface area contributed by atoms with E-state index in [9.17, 15) is 40.2 Å². The fourth-order valence-corrected chi connectivity index (χ4v) is 12.4. The Bertz CT molecular complexity index is 2390. The monoisotopic (exact) mass is 746 g/mol. The molecule has 284 valence electrons. The van der Waals surface area contributed by atoms with Crippen LogP contribution < -0.4 is 10.1 Å². The second-order valence-corrected chi connectivity index (χ2v) is 17.4. The zero-order valence-corrected chi connectivity index (χ0v) is 30.2. The number of hydrogen-bond donors (Lipinski definition) is 7. The van der Waals surface area contributed by atoms with Crippen molar-refractivity contribution >= 4 is 28.2 Å². The maximum Gasteiger partial charge on any atom is 0.260 e. The van der Waals surface area contributed by atoms with Gasteiger partial charge in [0.1, 0.15) is 29.5 Å². The molecule has 9 aliphatic rings. The largest absolute Gasteiger partial charge is 0.507 e. The summed E-state index contributed by atoms with van der Waals surface area (Å²) in [6, 6.07) is 6.04. The number of allylic oxidation sites excluding steroid dienone is 2. The average molecular weight is 747 g/mol. The van der Waals surface area contributed by atoms with Crippen molar-refractivity contribution in [2.24, 2.45) is 22.7 Å². The number of aliphatic hydroxyl groups is 5. The zero-order chi connectivity index (χ0) is 38.0. The summed E-state index contributed by atoms with van der Waals surface area (Å²) in [6.07, 6.45) is 6.46. The van der Waals surface area contributed by atoms with Gasteiger partial charge in [0.15, 0.2) is 17.5 Å². The van der Waals surface area contributed by atoms with E-state index < -0.39 is 58.9 Å². The molecule has 12 nitrogen and oxygen atoms in total. The number of nitrogens with zero attached hydrogens (tertiary/aromatic N) is 1. The second-order valence-electron chi connectivity index (χ2n) is 17.4. The van der Waals surface area contributed by atoms with Crippen molar-refractivity contribution in [2.45, 2.75) is 93.8 Å². The number of aliphatic hydroxyl groups excluding tert-OH is 5. The first-order valence-electron chi connectivity index (χ1n) is 19.4. The third-order valence-corrected chi connectivity index (χ3v) is 14.8. The Kier molecular flexibility index (Phi) is 6.71. The summed E-state index contributed by atoms with van der Waals surface area (Å²) in [4.78, 5) is 33.7. The lowest BCUT2D eigenvalue weighted by molar-refractivity contribution is -0.368. The van der Waals surface area contributed by atoms with Crippen LogP contribution in [0.1, 0.15) is 82.4 Å². The Morgan fingerprint density at radius 1 is 0.927 bits per heavy atom. The normalized spacial score (nSPS) is 40.6. The molecule has 5 aliphatic carbocycles. The number of nitrogens with one attached hydrogen (secondary N) is 1. The molecule has 1 saturated heterocycles. The van der Waals surface area contributed by atoms with Crippen molar-refractivity contribution in [3.05, 3.63) is 93.7 Å². The van der Waals surface area contributed by atoms with Crippen LogP contribution in [0, 0.1) is 29.6 Å². The molecule has 1 aromatic heterocycles. The third kappa shape index (κ3) is 4.04. The number of aryl methyl sites for hydroxylation is 1. The molecule has 5 heterocycles. The van der Waals surface area contributed by atoms with Gasteiger partial charge in [-0.25, -0.2) is 4.98 Å². The molecule has 4 spiro atoms. The van der Waals surface area contributed by atoms with Crippen molar-refractivity contribution in [1.82, 2.24) is 4.98 Å². The molecule has 2 saturated carbocycles. The van der Waals surface area contributed by atoms with Crippen LogP contribution in [-0.2, 0) is 4.74 Å². The summed E-state index contributed by atoms with van der Waals surface area (Å²) in [5.41, 5.74) is -1.54. The van der Waals surface area contributed by atoms with Gasteiger partial charge in [-0.2, -0.15) is 0 Å². The predicted octanol–water partition coefficient (Wildman–Crippen LogP) is 3.51. The molecule has 12 rings (SSSR count). The summed E-state index contributed by atoms with van der Waals surface area (Å²) < 4.78 is 13.6. The lowest BCUT2D eigenvalue weighted by Gasteiger charge is -2.63. The van der Waals surface area contributed by atoms with Crippen LogP contribution >= 0.6 is 0 Å². The summed E-state index contributed by atoms with van der Waals surface area (Å²) in [5.74, 6) is -3.79. The molecule has 2 aromatic carbocycles. The van der Waals surface area contributed by atoms with E-state index in [1.165, 1.54) is 24.4 Å². The molecule has 8 bridgehead atoms. The average Bonchev–Trinajstić information content (AvgIpc) is 3.71. The Morgan fingerprint density at radius 2 is 1.76 bits per heavy atom. The van der Waals surface area contributed by atoms with E-state index in [0.29, 0.717) is 46.5 Å². The van der Waals surface area contributed by atoms with E-state index >= 15 is 0 Å². The maximum atomic E-state index is 14.6. The standard InChI is InChI=1S/C43H42N2O10/c1-19-13-25-30(28(47)14-19)34(49)32-29-16-23-22(31(32)33(25)48)7-12-44-38(23)45-17-21(46)15-24-26-5-4-20-3-2-8-40(20)10-11-41(26,18-40)39(53)43-27(24)6-9-42(54-29,55-43)36(51)35(50)37(43)52/h4-7,9,12-14,16,20-21,26,35-37,39,46-47,50-53H,2-3,8,10-11,15,17-18H2,1H3,(H,44,45)/t20-,21+,26+,35+,36+,37-,39+,40-,41-,42+,43-/m0/s1. The van der Waals surface area contributed by atoms with E-state index in [1.54, 1.807) is 25.1 Å². The van der Waals surface area contributed by atoms with E-state index in [0.717, 1.165) is 31.3 Å². The molecule has 0 radical (unpaired) electrons. The van der Waals surface area contributed by atoms with E-state index in [-0.39, 0.29) is 58.1 Å². The number of aromatic nitrogens is 1. The highest BCUT2D eigenvalue weighted by Gasteiger charge is 2.75. The van der Waals surface area contributed by atoms with Crippen LogP contribution in [0.25, 0.3) is 10.8 Å². The van der Waals surface area contributed by atoms with Gasteiger partial charge in [0, 0.05) is 40.6 Å². The smallest absolute Gasteiger partial charge is 0.260 e. The first-order chi connectivity index (χ1) is 26.3. The molecule has 3 aromatic rings. The number of anilines is 1. The number of benzene rings is 2. The number of hydrogen-bond acceptors (Lipinski definition) is 12. The van der Waals surface area contributed by atoms with Crippen LogP contribution in [0.3, 0.4) is 0 Å². The van der Waals surface area contributed by atoms with Crippen molar-refractivity contribution in [2.75, 3.05) is 11.9 Å². The van der Waals surface area contributed by atoms with Gasteiger partial charge in [-0.05, 0) is 104 Å². The van der Waals surface area contributed by atoms with E-state index in [2.05, 4.69) is 22.5 Å². The summed E-state index contributed by atoms with van der Waals surface area (Å²) in [5, 5.41) is 76.0. The van der Waals surface area contributed by atoms with Gasteiger partial charge >= 0.3 is 0 Å². The number of pyridine rings is 1. The first-order valence-corrected chi connectivity index (χ1v) is 19.4. The Hall–Kier alpha value is -4.43. The van der Waals surface area contributed by atoms with Gasteiger partial charge in [-0.15, -0.1) is 0 Å². The first kappa shape index (κ1) is 33.9. The fourth-order valence-electron chi connectivity index (χ4n) is 12.4. The third-order valence-electron chi connectivity index (χ3n) is 14.8. The predicted molar refractivity (Wildman–Crippen MR) is 197 cm³/mol. The van der Waals surface area contributed by atoms with Crippen molar-refractivity contribution in [3.8, 4) is 11.5 Å². The van der Waals surface area contributed by atoms with Crippen molar-refractivity contribution in [1.29, 1.82) is 0 Å². The maximum absolute atomic E-state index is 14.6. The minimum Gasteiger partial charge on any atom is -0.507 e. The molecular formula is C43H42N2O10. The molecule has 7 N–H and O–H groups in total. The lowest BCUT2D eigenvalue weighted by Crippen LogP contribution is -2.78. The SMILES string of the molecule is Cc1cc(O)c2c(c1)C(=O)c1c(c3cc4c(nccc14)NC[C@H](O)CC1=C4C=C[C@@]5(O3)O[C@]4([C@H](O)[C@]34CC[C@@]6(CCC[C@H]6C=C[C@H]13)C4)[C@@H](O)[C@H](O)[C@H]5O)C2=O. The molecular weight excluding hydrogens is 704 g/mol. The van der Waals surface area contributed by atoms with Crippen molar-refractivity contribution in [3.63, 3.8) is 0 Å². The molecule has 0 amide bonds. The van der Waals surface area contributed by atoms with Crippen LogP contribution in [0.15, 0.2) is 65.9 Å². The summed E-state index contributed by atoms with van der Waals surface area (Å²) >= 11 is 0. The van der Waals surface area contributed by atoms with Crippen LogP contribution in [-0.4, -0.2) is 95.6 Å². The number of fused-ring (bicyclic) bond motifs is 6. The van der Waals surface area contributed by atoms with Gasteiger partial charge in [-0.3, -0.25) is 9.59 Å². The topological polar surface area (TPSA) is 199 Å². The summed E-state index contributed by atoms with van der Waals surface area (Å²) in [6.45, 7) is 1.74. The minimum atomic E-state index is -2.29. The number of phenols is 1. The minimum absolute atomic E-state index is 0.0141.